The van der Waals surface area contributed by atoms with Crippen LogP contribution in [0.5, 0.6) is 5.75 Å². The Morgan fingerprint density at radius 2 is 1.56 bits per heavy atom. The van der Waals surface area contributed by atoms with E-state index in [0.29, 0.717) is 10.7 Å². The van der Waals surface area contributed by atoms with Gasteiger partial charge in [0.2, 0.25) is 11.8 Å². The van der Waals surface area contributed by atoms with E-state index in [-0.39, 0.29) is 41.0 Å². The number of phenols is 1. The highest BCUT2D eigenvalue weighted by atomic mass is 35.5. The number of aromatic hydroxyl groups is 1. The Bertz CT molecular complexity index is 1150. The lowest BCUT2D eigenvalue weighted by molar-refractivity contribution is -0.115. The van der Waals surface area contributed by atoms with Crippen molar-refractivity contribution < 1.29 is 24.6 Å². The van der Waals surface area contributed by atoms with Gasteiger partial charge in [0, 0.05) is 21.3 Å². The number of hydrogen-bond acceptors (Lipinski definition) is 5. The number of thioether (sulfide) groups is 1. The van der Waals surface area contributed by atoms with E-state index < -0.39 is 5.97 Å². The minimum absolute atomic E-state index is 0.0749. The van der Waals surface area contributed by atoms with Gasteiger partial charge in [-0.25, -0.2) is 4.79 Å². The summed E-state index contributed by atoms with van der Waals surface area (Å²) in [5.74, 6) is -2.10. The van der Waals surface area contributed by atoms with Gasteiger partial charge in [-0.3, -0.25) is 9.59 Å². The minimum Gasteiger partial charge on any atom is -0.507 e. The molecule has 2 amide bonds. The maximum Gasteiger partial charge on any atom is 0.339 e. The molecule has 0 aliphatic carbocycles. The van der Waals surface area contributed by atoms with Gasteiger partial charge < -0.3 is 20.8 Å². The van der Waals surface area contributed by atoms with E-state index in [4.69, 9.17) is 16.7 Å². The van der Waals surface area contributed by atoms with Crippen LogP contribution in [0.15, 0.2) is 71.6 Å². The standard InChI is InChI=1S/C23H19ClN2O5S/c24-15-6-4-14(5-7-15)10-21(28)25-16-2-1-3-18(11-16)32-13-22(29)26-17-8-9-20(27)19(12-17)23(30)31/h1-9,11-12,27H,10,13H2,(H,25,28)(H,26,29)(H,30,31). The second-order valence-electron chi connectivity index (χ2n) is 6.75. The second-order valence-corrected chi connectivity index (χ2v) is 8.24. The summed E-state index contributed by atoms with van der Waals surface area (Å²) in [4.78, 5) is 36.4. The molecule has 4 N–H and O–H groups in total. The molecule has 0 aliphatic rings. The Kier molecular flexibility index (Phi) is 7.75. The molecule has 0 heterocycles. The third-order valence-corrected chi connectivity index (χ3v) is 5.52. The van der Waals surface area contributed by atoms with Crippen molar-refractivity contribution in [3.05, 3.63) is 82.9 Å². The molecule has 0 atom stereocenters. The van der Waals surface area contributed by atoms with Gasteiger partial charge in [0.25, 0.3) is 0 Å². The Labute approximate surface area is 193 Å². The maximum absolute atomic E-state index is 12.3. The van der Waals surface area contributed by atoms with Gasteiger partial charge in [0.15, 0.2) is 0 Å². The Morgan fingerprint density at radius 3 is 2.28 bits per heavy atom. The van der Waals surface area contributed by atoms with E-state index in [1.165, 1.54) is 30.0 Å². The summed E-state index contributed by atoms with van der Waals surface area (Å²) in [7, 11) is 0. The highest BCUT2D eigenvalue weighted by Crippen LogP contribution is 2.24. The minimum atomic E-state index is -1.29. The predicted molar refractivity (Wildman–Crippen MR) is 125 cm³/mol. The molecule has 7 nitrogen and oxygen atoms in total. The lowest BCUT2D eigenvalue weighted by Crippen LogP contribution is -2.15. The number of aromatic carboxylic acids is 1. The van der Waals surface area contributed by atoms with Crippen LogP contribution in [0.3, 0.4) is 0 Å². The second kappa shape index (κ2) is 10.7. The zero-order chi connectivity index (χ0) is 23.1. The van der Waals surface area contributed by atoms with E-state index in [1.807, 2.05) is 6.07 Å². The average molecular weight is 471 g/mol. The molecule has 164 valence electrons. The van der Waals surface area contributed by atoms with Gasteiger partial charge in [-0.05, 0) is 54.1 Å². The number of carboxylic acid groups (broad SMARTS) is 1. The molecule has 0 spiro atoms. The van der Waals surface area contributed by atoms with Gasteiger partial charge in [-0.2, -0.15) is 0 Å². The summed E-state index contributed by atoms with van der Waals surface area (Å²) >= 11 is 7.12. The highest BCUT2D eigenvalue weighted by Gasteiger charge is 2.12. The van der Waals surface area contributed by atoms with Gasteiger partial charge in [0.1, 0.15) is 11.3 Å². The fourth-order valence-corrected chi connectivity index (χ4v) is 3.67. The van der Waals surface area contributed by atoms with E-state index in [2.05, 4.69) is 10.6 Å². The first-order valence-electron chi connectivity index (χ1n) is 9.43. The number of rotatable bonds is 8. The van der Waals surface area contributed by atoms with Crippen molar-refractivity contribution in [2.45, 2.75) is 11.3 Å². The van der Waals surface area contributed by atoms with Crippen LogP contribution in [0.2, 0.25) is 5.02 Å². The lowest BCUT2D eigenvalue weighted by Gasteiger charge is -2.09. The number of carboxylic acids is 1. The maximum atomic E-state index is 12.3. The molecule has 9 heteroatoms. The van der Waals surface area contributed by atoms with Gasteiger partial charge >= 0.3 is 5.97 Å². The molecule has 0 fully saturated rings. The fraction of sp³-hybridized carbons (Fsp3) is 0.0870. The summed E-state index contributed by atoms with van der Waals surface area (Å²) in [5.41, 5.74) is 1.43. The Morgan fingerprint density at radius 1 is 0.875 bits per heavy atom. The van der Waals surface area contributed by atoms with Gasteiger partial charge in [-0.1, -0.05) is 29.8 Å². The molecular formula is C23H19ClN2O5S. The summed E-state index contributed by atoms with van der Waals surface area (Å²) in [6.45, 7) is 0. The van der Waals surface area contributed by atoms with E-state index in [1.54, 1.807) is 42.5 Å². The van der Waals surface area contributed by atoms with Crippen molar-refractivity contribution in [1.29, 1.82) is 0 Å². The molecule has 0 saturated heterocycles. The van der Waals surface area contributed by atoms with Crippen molar-refractivity contribution in [3.63, 3.8) is 0 Å². The molecule has 3 aromatic carbocycles. The smallest absolute Gasteiger partial charge is 0.339 e. The molecule has 32 heavy (non-hydrogen) atoms. The van der Waals surface area contributed by atoms with Crippen LogP contribution in [-0.2, 0) is 16.0 Å². The predicted octanol–water partition coefficient (Wildman–Crippen LogP) is 4.66. The number of anilines is 2. The molecule has 0 aliphatic heterocycles. The number of hydrogen-bond donors (Lipinski definition) is 4. The molecule has 0 aromatic heterocycles. The highest BCUT2D eigenvalue weighted by molar-refractivity contribution is 8.00. The third-order valence-electron chi connectivity index (χ3n) is 4.28. The van der Waals surface area contributed by atoms with Crippen LogP contribution in [0.25, 0.3) is 0 Å². The van der Waals surface area contributed by atoms with Crippen molar-refractivity contribution in [3.8, 4) is 5.75 Å². The first-order valence-corrected chi connectivity index (χ1v) is 10.8. The largest absolute Gasteiger partial charge is 0.507 e. The molecule has 3 aromatic rings. The van der Waals surface area contributed by atoms with Crippen molar-refractivity contribution >= 4 is 52.5 Å². The monoisotopic (exact) mass is 470 g/mol. The summed E-state index contributed by atoms with van der Waals surface area (Å²) in [6.07, 6.45) is 0.210. The quantitative estimate of drug-likeness (QED) is 0.281. The summed E-state index contributed by atoms with van der Waals surface area (Å²) in [6, 6.07) is 18.0. The van der Waals surface area contributed by atoms with Crippen LogP contribution < -0.4 is 10.6 Å². The normalized spacial score (nSPS) is 10.4. The number of halogens is 1. The number of amides is 2. The Balaban J connectivity index is 1.53. The van der Waals surface area contributed by atoms with Crippen molar-refractivity contribution in [2.24, 2.45) is 0 Å². The number of carbonyl (C=O) groups excluding carboxylic acids is 2. The summed E-state index contributed by atoms with van der Waals surface area (Å²) < 4.78 is 0. The number of nitrogens with one attached hydrogen (secondary N) is 2. The van der Waals surface area contributed by atoms with Crippen LogP contribution in [0.4, 0.5) is 11.4 Å². The van der Waals surface area contributed by atoms with E-state index >= 15 is 0 Å². The summed E-state index contributed by atoms with van der Waals surface area (Å²) in [5, 5.41) is 24.6. The molecule has 0 radical (unpaired) electrons. The van der Waals surface area contributed by atoms with Crippen LogP contribution >= 0.6 is 23.4 Å². The Hall–Kier alpha value is -3.49. The van der Waals surface area contributed by atoms with Crippen molar-refractivity contribution in [2.75, 3.05) is 16.4 Å². The van der Waals surface area contributed by atoms with Crippen molar-refractivity contribution in [1.82, 2.24) is 0 Å². The van der Waals surface area contributed by atoms with Gasteiger partial charge in [-0.15, -0.1) is 11.8 Å². The molecular weight excluding hydrogens is 452 g/mol. The average Bonchev–Trinajstić information content (AvgIpc) is 2.75. The van der Waals surface area contributed by atoms with E-state index in [9.17, 15) is 19.5 Å². The molecule has 3 rings (SSSR count). The zero-order valence-corrected chi connectivity index (χ0v) is 18.2. The SMILES string of the molecule is O=C(CSc1cccc(NC(=O)Cc2ccc(Cl)cc2)c1)Nc1ccc(O)c(C(=O)O)c1. The zero-order valence-electron chi connectivity index (χ0n) is 16.7. The molecule has 0 saturated carbocycles. The first kappa shape index (κ1) is 23.2. The van der Waals surface area contributed by atoms with E-state index in [0.717, 1.165) is 10.5 Å². The number of carbonyl (C=O) groups is 3. The third kappa shape index (κ3) is 6.76. The van der Waals surface area contributed by atoms with Crippen LogP contribution in [-0.4, -0.2) is 33.7 Å². The first-order chi connectivity index (χ1) is 15.3. The molecule has 0 unspecified atom stereocenters. The van der Waals surface area contributed by atoms with Gasteiger partial charge in [0.05, 0.1) is 12.2 Å². The fourth-order valence-electron chi connectivity index (χ4n) is 2.79. The van der Waals surface area contributed by atoms with Crippen LogP contribution in [0, 0.1) is 0 Å². The van der Waals surface area contributed by atoms with Crippen LogP contribution in [0.1, 0.15) is 15.9 Å². The molecule has 0 bridgehead atoms. The lowest BCUT2D eigenvalue weighted by atomic mass is 10.1. The number of benzene rings is 3. The topological polar surface area (TPSA) is 116 Å².